The van der Waals surface area contributed by atoms with Crippen LogP contribution in [-0.2, 0) is 4.74 Å². The van der Waals surface area contributed by atoms with Crippen molar-refractivity contribution in [2.75, 3.05) is 6.54 Å². The summed E-state index contributed by atoms with van der Waals surface area (Å²) < 4.78 is 5.26. The first-order valence-electron chi connectivity index (χ1n) is 7.61. The van der Waals surface area contributed by atoms with E-state index in [1.165, 1.54) is 0 Å². The monoisotopic (exact) mass is 356 g/mol. The van der Waals surface area contributed by atoms with Crippen molar-refractivity contribution in [1.82, 2.24) is 10.4 Å². The summed E-state index contributed by atoms with van der Waals surface area (Å²) in [6, 6.07) is 8.42. The highest BCUT2D eigenvalue weighted by atomic mass is 32.0. The van der Waals surface area contributed by atoms with Crippen LogP contribution in [-0.4, -0.2) is 30.1 Å². The predicted molar refractivity (Wildman–Crippen MR) is 99.2 cm³/mol. The van der Waals surface area contributed by atoms with E-state index < -0.39 is 17.7 Å². The molecule has 0 saturated heterocycles. The lowest BCUT2D eigenvalue weighted by Gasteiger charge is -2.23. The Bertz CT molecular complexity index is 504. The number of hydrogen-bond acceptors (Lipinski definition) is 4. The Balaban J connectivity index is 2.72. The smallest absolute Gasteiger partial charge is 0.408 e. The number of benzene rings is 1. The van der Waals surface area contributed by atoms with Crippen LogP contribution in [0.5, 0.6) is 0 Å². The number of hydrogen-bond donors (Lipinski definition) is 2. The van der Waals surface area contributed by atoms with Crippen molar-refractivity contribution < 1.29 is 14.3 Å². The second kappa shape index (κ2) is 9.97. The topological polar surface area (TPSA) is 67.4 Å². The van der Waals surface area contributed by atoms with Crippen molar-refractivity contribution in [2.45, 2.75) is 45.3 Å². The molecule has 1 aromatic rings. The molecule has 0 aliphatic carbocycles. The highest BCUT2D eigenvalue weighted by Crippen LogP contribution is 2.14. The summed E-state index contributed by atoms with van der Waals surface area (Å²) in [7, 11) is 3.21. The second-order valence-corrected chi connectivity index (χ2v) is 7.65. The lowest BCUT2D eigenvalue weighted by atomic mass is 10.0. The van der Waals surface area contributed by atoms with E-state index in [9.17, 15) is 9.59 Å². The Kier molecular flexibility index (Phi) is 8.68. The number of amides is 1. The van der Waals surface area contributed by atoms with E-state index >= 15 is 0 Å². The first kappa shape index (κ1) is 20.0. The Morgan fingerprint density at radius 2 is 1.91 bits per heavy atom. The first-order chi connectivity index (χ1) is 10.8. The van der Waals surface area contributed by atoms with Gasteiger partial charge in [-0.1, -0.05) is 39.3 Å². The van der Waals surface area contributed by atoms with Crippen LogP contribution in [0.1, 0.15) is 44.0 Å². The van der Waals surface area contributed by atoms with E-state index in [4.69, 9.17) is 4.74 Å². The summed E-state index contributed by atoms with van der Waals surface area (Å²) in [5.41, 5.74) is 0.00134. The third-order valence-corrected chi connectivity index (χ3v) is 4.03. The largest absolute Gasteiger partial charge is 0.444 e. The zero-order valence-corrected chi connectivity index (χ0v) is 16.0. The van der Waals surface area contributed by atoms with Gasteiger partial charge >= 0.3 is 6.09 Å². The quantitative estimate of drug-likeness (QED) is 0.425. The maximum atomic E-state index is 12.6. The average molecular weight is 356 g/mol. The molecular weight excluding hydrogens is 330 g/mol. The lowest BCUT2D eigenvalue weighted by molar-refractivity contribution is 0.0488. The molecule has 5 nitrogen and oxygen atoms in total. The fourth-order valence-corrected chi connectivity index (χ4v) is 2.74. The molecule has 0 aliphatic heterocycles. The molecule has 1 rings (SSSR count). The minimum atomic E-state index is -0.591. The molecule has 0 saturated carbocycles. The summed E-state index contributed by atoms with van der Waals surface area (Å²) in [6.45, 7) is 6.19. The Morgan fingerprint density at radius 3 is 2.48 bits per heavy atom. The van der Waals surface area contributed by atoms with E-state index in [1.54, 1.807) is 32.9 Å². The van der Waals surface area contributed by atoms with E-state index in [1.807, 2.05) is 18.2 Å². The Hall–Kier alpha value is -1.02. The summed E-state index contributed by atoms with van der Waals surface area (Å²) in [6.07, 6.45) is 0.794. The fraction of sp³-hybridized carbons (Fsp3) is 0.500. The van der Waals surface area contributed by atoms with Gasteiger partial charge in [-0.2, -0.15) is 0 Å². The minimum absolute atomic E-state index is 0.0928. The van der Waals surface area contributed by atoms with Gasteiger partial charge in [0.15, 0.2) is 5.78 Å². The molecule has 0 heterocycles. The number of carbonyl (C=O) groups excluding carboxylic acids is 2. The van der Waals surface area contributed by atoms with Crippen LogP contribution in [0.3, 0.4) is 0 Å². The van der Waals surface area contributed by atoms with Crippen LogP contribution in [0, 0.1) is 0 Å². The van der Waals surface area contributed by atoms with E-state index in [0.29, 0.717) is 20.4 Å². The van der Waals surface area contributed by atoms with Gasteiger partial charge in [0, 0.05) is 5.56 Å². The van der Waals surface area contributed by atoms with Gasteiger partial charge in [-0.15, -0.1) is 0 Å². The minimum Gasteiger partial charge on any atom is -0.444 e. The zero-order chi connectivity index (χ0) is 17.3. The molecule has 0 aromatic heterocycles. The number of rotatable bonds is 8. The molecule has 1 aromatic carbocycles. The second-order valence-electron chi connectivity index (χ2n) is 6.14. The average Bonchev–Trinajstić information content (AvgIpc) is 2.48. The normalized spacial score (nSPS) is 13.0. The molecule has 0 bridgehead atoms. The molecule has 128 valence electrons. The van der Waals surface area contributed by atoms with Gasteiger partial charge in [0.25, 0.3) is 0 Å². The molecule has 7 heteroatoms. The van der Waals surface area contributed by atoms with Crippen molar-refractivity contribution in [3.8, 4) is 0 Å². The third-order valence-electron chi connectivity index (χ3n) is 2.96. The summed E-state index contributed by atoms with van der Waals surface area (Å²) in [4.78, 5) is 24.6. The van der Waals surface area contributed by atoms with Crippen LogP contribution in [0.4, 0.5) is 4.79 Å². The van der Waals surface area contributed by atoms with Gasteiger partial charge in [-0.25, -0.2) is 4.79 Å². The lowest BCUT2D eigenvalue weighted by Crippen LogP contribution is -2.43. The molecule has 0 aliphatic rings. The molecule has 0 spiro atoms. The summed E-state index contributed by atoms with van der Waals surface area (Å²) in [5, 5.41) is 5.92. The van der Waals surface area contributed by atoms with Crippen LogP contribution in [0.25, 0.3) is 0 Å². The molecule has 2 unspecified atom stereocenters. The maximum Gasteiger partial charge on any atom is 0.408 e. The van der Waals surface area contributed by atoms with Crippen LogP contribution in [0.15, 0.2) is 30.3 Å². The number of ether oxygens (including phenoxy) is 1. The standard InChI is InChI=1S/C16H26N2O3P2/c1-16(2,3)21-15(20)18-13(10-7-11-17-23-22)14(19)12-8-5-4-6-9-12/h4-6,8-9,13,17,23H,7,10-11,22H2,1-3H3,(H,18,20)/t13-/m0/s1. The van der Waals surface area contributed by atoms with Gasteiger partial charge in [0.1, 0.15) is 5.60 Å². The first-order valence-corrected chi connectivity index (χ1v) is 10.4. The molecular formula is C16H26N2O3P2. The van der Waals surface area contributed by atoms with E-state index in [0.717, 1.165) is 13.0 Å². The Labute approximate surface area is 142 Å². The highest BCUT2D eigenvalue weighted by molar-refractivity contribution is 8.01. The Morgan fingerprint density at radius 1 is 1.26 bits per heavy atom. The molecule has 1 amide bonds. The van der Waals surface area contributed by atoms with Crippen molar-refractivity contribution in [3.63, 3.8) is 0 Å². The van der Waals surface area contributed by atoms with Gasteiger partial charge in [0.05, 0.1) is 6.04 Å². The molecule has 0 fully saturated rings. The van der Waals surface area contributed by atoms with E-state index in [2.05, 4.69) is 19.3 Å². The molecule has 23 heavy (non-hydrogen) atoms. The van der Waals surface area contributed by atoms with Gasteiger partial charge < -0.3 is 10.1 Å². The SMILES string of the molecule is CC(C)(C)OC(=O)N[C@@H](CCCNPP)C(=O)c1ccccc1. The van der Waals surface area contributed by atoms with Crippen molar-refractivity contribution in [2.24, 2.45) is 0 Å². The number of nitrogens with one attached hydrogen (secondary N) is 2. The van der Waals surface area contributed by atoms with Crippen LogP contribution < -0.4 is 10.4 Å². The summed E-state index contributed by atoms with van der Waals surface area (Å²) >= 11 is 0. The fourth-order valence-electron chi connectivity index (χ4n) is 1.99. The number of Topliss-reactive ketones (excluding diaryl/α,β-unsaturated/α-hetero) is 1. The van der Waals surface area contributed by atoms with Gasteiger partial charge in [-0.3, -0.25) is 9.88 Å². The van der Waals surface area contributed by atoms with Crippen molar-refractivity contribution >= 4 is 29.2 Å². The van der Waals surface area contributed by atoms with Gasteiger partial charge in [0.2, 0.25) is 0 Å². The van der Waals surface area contributed by atoms with Gasteiger partial charge in [-0.05, 0) is 48.6 Å². The molecule has 3 atom stereocenters. The predicted octanol–water partition coefficient (Wildman–Crippen LogP) is 3.52. The van der Waals surface area contributed by atoms with Crippen molar-refractivity contribution in [3.05, 3.63) is 35.9 Å². The number of carbonyl (C=O) groups is 2. The highest BCUT2D eigenvalue weighted by Gasteiger charge is 2.24. The van der Waals surface area contributed by atoms with Crippen LogP contribution >= 0.6 is 17.3 Å². The van der Waals surface area contributed by atoms with Crippen molar-refractivity contribution in [1.29, 1.82) is 0 Å². The summed E-state index contributed by atoms with van der Waals surface area (Å²) in [5.74, 6) is -0.0928. The number of ketones is 1. The third kappa shape index (κ3) is 8.41. The molecule has 2 N–H and O–H groups in total. The van der Waals surface area contributed by atoms with E-state index in [-0.39, 0.29) is 5.78 Å². The molecule has 0 radical (unpaired) electrons. The maximum absolute atomic E-state index is 12.6. The number of alkyl carbamates (subject to hydrolysis) is 1. The van der Waals surface area contributed by atoms with Crippen LogP contribution in [0.2, 0.25) is 0 Å². The zero-order valence-electron chi connectivity index (χ0n) is 13.9.